The summed E-state index contributed by atoms with van der Waals surface area (Å²) in [5, 5.41) is 7.64. The second-order valence-corrected chi connectivity index (χ2v) is 8.36. The highest BCUT2D eigenvalue weighted by atomic mass is 35.5. The van der Waals surface area contributed by atoms with Crippen LogP contribution in [0, 0.1) is 0 Å². The zero-order valence-corrected chi connectivity index (χ0v) is 17.3. The zero-order valence-electron chi connectivity index (χ0n) is 15.0. The molecular weight excluding hydrogens is 407 g/mol. The standard InChI is InChI=1S/C18H22Cl2N4O2S/c1-2-26-18(25)24-7-5-13(6-8-24)23-15-4-3-12(19)9-16(15)21-10-14-11-22-17(20)27-14/h3-4,9,11,13,21,23H,2,5-8,10H2,1H3. The van der Waals surface area contributed by atoms with Gasteiger partial charge in [-0.3, -0.25) is 0 Å². The third-order valence-corrected chi connectivity index (χ3v) is 5.69. The number of amides is 1. The molecule has 2 aromatic rings. The van der Waals surface area contributed by atoms with E-state index in [2.05, 4.69) is 15.6 Å². The Morgan fingerprint density at radius 2 is 2.11 bits per heavy atom. The van der Waals surface area contributed by atoms with Gasteiger partial charge in [0.1, 0.15) is 0 Å². The Balaban J connectivity index is 1.59. The fraction of sp³-hybridized carbons (Fsp3) is 0.444. The quantitative estimate of drug-likeness (QED) is 0.669. The highest BCUT2D eigenvalue weighted by molar-refractivity contribution is 7.15. The first-order valence-corrected chi connectivity index (χ1v) is 10.4. The highest BCUT2D eigenvalue weighted by Gasteiger charge is 2.24. The average molecular weight is 429 g/mol. The summed E-state index contributed by atoms with van der Waals surface area (Å²) < 4.78 is 5.60. The van der Waals surface area contributed by atoms with Gasteiger partial charge in [0.2, 0.25) is 0 Å². The van der Waals surface area contributed by atoms with Crippen molar-refractivity contribution in [3.63, 3.8) is 0 Å². The van der Waals surface area contributed by atoms with Gasteiger partial charge in [0.25, 0.3) is 0 Å². The van der Waals surface area contributed by atoms with Gasteiger partial charge in [-0.1, -0.05) is 23.2 Å². The lowest BCUT2D eigenvalue weighted by Crippen LogP contribution is -2.42. The maximum atomic E-state index is 11.8. The third-order valence-electron chi connectivity index (χ3n) is 4.34. The van der Waals surface area contributed by atoms with Crippen molar-refractivity contribution in [2.75, 3.05) is 30.3 Å². The Morgan fingerprint density at radius 3 is 2.78 bits per heavy atom. The molecule has 0 spiro atoms. The molecule has 1 aliphatic rings. The lowest BCUT2D eigenvalue weighted by molar-refractivity contribution is 0.0983. The molecule has 6 nitrogen and oxygen atoms in total. The molecule has 0 bridgehead atoms. The molecule has 9 heteroatoms. The van der Waals surface area contributed by atoms with Crippen LogP contribution in [0.25, 0.3) is 0 Å². The van der Waals surface area contributed by atoms with Crippen LogP contribution in [0.2, 0.25) is 9.49 Å². The number of anilines is 2. The van der Waals surface area contributed by atoms with Crippen LogP contribution < -0.4 is 10.6 Å². The summed E-state index contributed by atoms with van der Waals surface area (Å²) in [7, 11) is 0. The first-order valence-electron chi connectivity index (χ1n) is 8.87. The van der Waals surface area contributed by atoms with E-state index < -0.39 is 0 Å². The lowest BCUT2D eigenvalue weighted by Gasteiger charge is -2.32. The van der Waals surface area contributed by atoms with Crippen molar-refractivity contribution in [2.24, 2.45) is 0 Å². The molecular formula is C18H22Cl2N4O2S. The maximum Gasteiger partial charge on any atom is 0.409 e. The molecule has 1 aliphatic heterocycles. The number of hydrogen-bond acceptors (Lipinski definition) is 6. The number of nitrogens with one attached hydrogen (secondary N) is 2. The number of nitrogens with zero attached hydrogens (tertiary/aromatic N) is 2. The molecule has 2 heterocycles. The number of ether oxygens (including phenoxy) is 1. The minimum absolute atomic E-state index is 0.229. The van der Waals surface area contributed by atoms with Crippen molar-refractivity contribution in [2.45, 2.75) is 32.4 Å². The number of halogens is 2. The zero-order chi connectivity index (χ0) is 19.2. The van der Waals surface area contributed by atoms with Crippen LogP contribution in [-0.2, 0) is 11.3 Å². The van der Waals surface area contributed by atoms with Crippen LogP contribution in [0.15, 0.2) is 24.4 Å². The average Bonchev–Trinajstić information content (AvgIpc) is 3.08. The monoisotopic (exact) mass is 428 g/mol. The number of aromatic nitrogens is 1. The van der Waals surface area contributed by atoms with E-state index in [4.69, 9.17) is 27.9 Å². The van der Waals surface area contributed by atoms with Gasteiger partial charge in [0.05, 0.1) is 24.5 Å². The number of thiazole rings is 1. The van der Waals surface area contributed by atoms with Crippen molar-refractivity contribution in [1.29, 1.82) is 0 Å². The molecule has 0 saturated carbocycles. The summed E-state index contributed by atoms with van der Waals surface area (Å²) >= 11 is 13.5. The Hall–Kier alpha value is -1.70. The molecule has 0 unspecified atom stereocenters. The molecule has 3 rings (SSSR count). The first-order chi connectivity index (χ1) is 13.0. The molecule has 0 atom stereocenters. The van der Waals surface area contributed by atoms with Crippen LogP contribution in [-0.4, -0.2) is 41.7 Å². The number of hydrogen-bond donors (Lipinski definition) is 2. The first kappa shape index (κ1) is 20.0. The Bertz CT molecular complexity index is 778. The molecule has 0 aliphatic carbocycles. The lowest BCUT2D eigenvalue weighted by atomic mass is 10.0. The molecule has 1 saturated heterocycles. The fourth-order valence-electron chi connectivity index (χ4n) is 2.98. The van der Waals surface area contributed by atoms with E-state index in [1.807, 2.05) is 25.1 Å². The normalized spacial score (nSPS) is 14.9. The molecule has 1 amide bonds. The predicted molar refractivity (Wildman–Crippen MR) is 111 cm³/mol. The minimum Gasteiger partial charge on any atom is -0.450 e. The van der Waals surface area contributed by atoms with E-state index in [1.54, 1.807) is 11.1 Å². The number of piperidine rings is 1. The highest BCUT2D eigenvalue weighted by Crippen LogP contribution is 2.29. The van der Waals surface area contributed by atoms with Crippen LogP contribution in [0.3, 0.4) is 0 Å². The molecule has 27 heavy (non-hydrogen) atoms. The fourth-order valence-corrected chi connectivity index (χ4v) is 4.07. The van der Waals surface area contributed by atoms with Crippen LogP contribution in [0.1, 0.15) is 24.6 Å². The summed E-state index contributed by atoms with van der Waals surface area (Å²) in [5.74, 6) is 0. The van der Waals surface area contributed by atoms with E-state index in [0.717, 1.165) is 29.1 Å². The summed E-state index contributed by atoms with van der Waals surface area (Å²) in [4.78, 5) is 18.7. The molecule has 1 aromatic heterocycles. The Kier molecular flexibility index (Phi) is 7.04. The van der Waals surface area contributed by atoms with Crippen molar-refractivity contribution >= 4 is 52.0 Å². The van der Waals surface area contributed by atoms with Crippen molar-refractivity contribution in [3.05, 3.63) is 38.8 Å². The van der Waals surface area contributed by atoms with Gasteiger partial charge in [0, 0.05) is 35.2 Å². The second kappa shape index (κ2) is 9.48. The van der Waals surface area contributed by atoms with Gasteiger partial charge in [-0.15, -0.1) is 11.3 Å². The van der Waals surface area contributed by atoms with Gasteiger partial charge < -0.3 is 20.3 Å². The van der Waals surface area contributed by atoms with Crippen LogP contribution in [0.5, 0.6) is 0 Å². The summed E-state index contributed by atoms with van der Waals surface area (Å²) in [6.07, 6.45) is 3.27. The SMILES string of the molecule is CCOC(=O)N1CCC(Nc2ccc(Cl)cc2NCc2cnc(Cl)s2)CC1. The number of carbonyl (C=O) groups is 1. The summed E-state index contributed by atoms with van der Waals surface area (Å²) in [6.45, 7) is 4.22. The number of benzene rings is 1. The maximum absolute atomic E-state index is 11.8. The Morgan fingerprint density at radius 1 is 1.33 bits per heavy atom. The van der Waals surface area contributed by atoms with Crippen LogP contribution in [0.4, 0.5) is 16.2 Å². The van der Waals surface area contributed by atoms with Gasteiger partial charge in [-0.25, -0.2) is 9.78 Å². The molecule has 146 valence electrons. The predicted octanol–water partition coefficient (Wildman–Crippen LogP) is 5.09. The van der Waals surface area contributed by atoms with Crippen molar-refractivity contribution in [3.8, 4) is 0 Å². The summed E-state index contributed by atoms with van der Waals surface area (Å²) in [6, 6.07) is 6.03. The van der Waals surface area contributed by atoms with Gasteiger partial charge >= 0.3 is 6.09 Å². The summed E-state index contributed by atoms with van der Waals surface area (Å²) in [5.41, 5.74) is 1.92. The van der Waals surface area contributed by atoms with E-state index in [9.17, 15) is 4.79 Å². The van der Waals surface area contributed by atoms with Crippen molar-refractivity contribution in [1.82, 2.24) is 9.88 Å². The minimum atomic E-state index is -0.229. The van der Waals surface area contributed by atoms with Gasteiger partial charge in [-0.05, 0) is 38.0 Å². The smallest absolute Gasteiger partial charge is 0.409 e. The van der Waals surface area contributed by atoms with Crippen LogP contribution >= 0.6 is 34.5 Å². The van der Waals surface area contributed by atoms with Crippen molar-refractivity contribution < 1.29 is 9.53 Å². The number of carbonyl (C=O) groups excluding carboxylic acids is 1. The Labute approximate surface area is 172 Å². The van der Waals surface area contributed by atoms with E-state index in [-0.39, 0.29) is 12.1 Å². The molecule has 1 aromatic carbocycles. The second-order valence-electron chi connectivity index (χ2n) is 6.23. The number of rotatable bonds is 6. The van der Waals surface area contributed by atoms with Gasteiger partial charge in [0.15, 0.2) is 4.47 Å². The third kappa shape index (κ3) is 5.64. The number of likely N-dealkylation sites (tertiary alicyclic amines) is 1. The van der Waals surface area contributed by atoms with Gasteiger partial charge in [-0.2, -0.15) is 0 Å². The molecule has 0 radical (unpaired) electrons. The largest absolute Gasteiger partial charge is 0.450 e. The van der Waals surface area contributed by atoms with E-state index in [1.165, 1.54) is 11.3 Å². The topological polar surface area (TPSA) is 66.5 Å². The molecule has 1 fully saturated rings. The van der Waals surface area contributed by atoms with E-state index in [0.29, 0.717) is 35.7 Å². The molecule has 2 N–H and O–H groups in total. The van der Waals surface area contributed by atoms with E-state index >= 15 is 0 Å².